The van der Waals surface area contributed by atoms with Crippen LogP contribution in [0.15, 0.2) is 12.5 Å². The molecule has 1 N–H and O–H groups in total. The van der Waals surface area contributed by atoms with Gasteiger partial charge in [-0.2, -0.15) is 5.10 Å². The van der Waals surface area contributed by atoms with Crippen molar-refractivity contribution in [3.05, 3.63) is 12.5 Å². The predicted octanol–water partition coefficient (Wildman–Crippen LogP) is 1.96. The molecule has 96 valence electrons. The average Bonchev–Trinajstić information content (AvgIpc) is 3.04. The maximum atomic E-state index is 5.65. The Bertz CT molecular complexity index is 532. The number of rotatable bonds is 4. The quantitative estimate of drug-likeness (QED) is 0.894. The van der Waals surface area contributed by atoms with E-state index in [1.54, 1.807) is 6.33 Å². The standard InChI is InChI=1S/C12H17N5O/c1-2-5-13-11-9-7-16-17(10-4-3-6-18-10)12(9)15-8-14-11/h7-8,10H,2-6H2,1H3,(H,13,14,15)/t10-/m0/s1. The van der Waals surface area contributed by atoms with Gasteiger partial charge >= 0.3 is 0 Å². The molecule has 1 aliphatic rings. The molecule has 1 saturated heterocycles. The molecule has 0 aromatic carbocycles. The summed E-state index contributed by atoms with van der Waals surface area (Å²) in [4.78, 5) is 8.59. The topological polar surface area (TPSA) is 64.9 Å². The second-order valence-electron chi connectivity index (χ2n) is 4.44. The lowest BCUT2D eigenvalue weighted by atomic mass is 10.3. The molecule has 0 spiro atoms. The summed E-state index contributed by atoms with van der Waals surface area (Å²) in [5.74, 6) is 0.853. The molecular weight excluding hydrogens is 230 g/mol. The van der Waals surface area contributed by atoms with Gasteiger partial charge in [0.15, 0.2) is 11.9 Å². The van der Waals surface area contributed by atoms with Crippen LogP contribution < -0.4 is 5.32 Å². The van der Waals surface area contributed by atoms with E-state index >= 15 is 0 Å². The molecule has 0 unspecified atom stereocenters. The van der Waals surface area contributed by atoms with Gasteiger partial charge < -0.3 is 10.1 Å². The zero-order valence-corrected chi connectivity index (χ0v) is 10.5. The van der Waals surface area contributed by atoms with Crippen molar-refractivity contribution >= 4 is 16.9 Å². The van der Waals surface area contributed by atoms with Crippen LogP contribution in [0.2, 0.25) is 0 Å². The van der Waals surface area contributed by atoms with Gasteiger partial charge in [-0.05, 0) is 19.3 Å². The third-order valence-electron chi connectivity index (χ3n) is 3.11. The zero-order valence-electron chi connectivity index (χ0n) is 10.5. The maximum absolute atomic E-state index is 5.65. The minimum absolute atomic E-state index is 0.0245. The third-order valence-corrected chi connectivity index (χ3v) is 3.11. The highest BCUT2D eigenvalue weighted by atomic mass is 16.5. The fraction of sp³-hybridized carbons (Fsp3) is 0.583. The van der Waals surface area contributed by atoms with Gasteiger partial charge in [0, 0.05) is 13.2 Å². The van der Waals surface area contributed by atoms with Crippen LogP contribution in [-0.2, 0) is 4.74 Å². The number of ether oxygens (including phenoxy) is 1. The molecule has 2 aromatic rings. The van der Waals surface area contributed by atoms with E-state index in [1.807, 2.05) is 10.9 Å². The highest BCUT2D eigenvalue weighted by molar-refractivity contribution is 5.86. The van der Waals surface area contributed by atoms with Crippen LogP contribution in [0.1, 0.15) is 32.4 Å². The highest BCUT2D eigenvalue weighted by Gasteiger charge is 2.21. The summed E-state index contributed by atoms with van der Waals surface area (Å²) in [6.07, 6.45) is 6.56. The van der Waals surface area contributed by atoms with Crippen molar-refractivity contribution < 1.29 is 4.74 Å². The van der Waals surface area contributed by atoms with Crippen LogP contribution >= 0.6 is 0 Å². The SMILES string of the molecule is CCCNc1ncnc2c1cnn2[C@@H]1CCCO1. The highest BCUT2D eigenvalue weighted by Crippen LogP contribution is 2.27. The van der Waals surface area contributed by atoms with Crippen molar-refractivity contribution in [2.24, 2.45) is 0 Å². The van der Waals surface area contributed by atoms with E-state index in [1.165, 1.54) is 0 Å². The molecule has 6 heteroatoms. The monoisotopic (exact) mass is 247 g/mol. The first-order valence-electron chi connectivity index (χ1n) is 6.44. The second-order valence-corrected chi connectivity index (χ2v) is 4.44. The summed E-state index contributed by atoms with van der Waals surface area (Å²) >= 11 is 0. The molecule has 1 atom stereocenters. The Morgan fingerprint density at radius 1 is 1.50 bits per heavy atom. The average molecular weight is 247 g/mol. The molecule has 0 saturated carbocycles. The fourth-order valence-electron chi connectivity index (χ4n) is 2.21. The van der Waals surface area contributed by atoms with E-state index in [0.717, 1.165) is 49.3 Å². The fourth-order valence-corrected chi connectivity index (χ4v) is 2.21. The summed E-state index contributed by atoms with van der Waals surface area (Å²) in [5.41, 5.74) is 0.843. The lowest BCUT2D eigenvalue weighted by Gasteiger charge is -2.10. The van der Waals surface area contributed by atoms with Crippen molar-refractivity contribution in [3.8, 4) is 0 Å². The lowest BCUT2D eigenvalue weighted by molar-refractivity contribution is 0.0499. The molecule has 0 amide bonds. The Balaban J connectivity index is 1.97. The van der Waals surface area contributed by atoms with Gasteiger partial charge in [-0.3, -0.25) is 0 Å². The molecule has 6 nitrogen and oxygen atoms in total. The van der Waals surface area contributed by atoms with Gasteiger partial charge in [0.05, 0.1) is 11.6 Å². The molecule has 2 aromatic heterocycles. The first-order chi connectivity index (χ1) is 8.90. The van der Waals surface area contributed by atoms with Crippen molar-refractivity contribution in [1.29, 1.82) is 0 Å². The van der Waals surface area contributed by atoms with Crippen LogP contribution in [0.25, 0.3) is 11.0 Å². The summed E-state index contributed by atoms with van der Waals surface area (Å²) in [7, 11) is 0. The summed E-state index contributed by atoms with van der Waals surface area (Å²) in [6, 6.07) is 0. The van der Waals surface area contributed by atoms with E-state index in [0.29, 0.717) is 0 Å². The van der Waals surface area contributed by atoms with Crippen molar-refractivity contribution in [1.82, 2.24) is 19.7 Å². The number of anilines is 1. The van der Waals surface area contributed by atoms with E-state index in [2.05, 4.69) is 27.3 Å². The van der Waals surface area contributed by atoms with Gasteiger partial charge in [-0.15, -0.1) is 0 Å². The Morgan fingerprint density at radius 2 is 2.44 bits per heavy atom. The number of fused-ring (bicyclic) bond motifs is 1. The predicted molar refractivity (Wildman–Crippen MR) is 68.3 cm³/mol. The Kier molecular flexibility index (Phi) is 3.10. The number of hydrogen-bond donors (Lipinski definition) is 1. The Morgan fingerprint density at radius 3 is 3.22 bits per heavy atom. The Hall–Kier alpha value is -1.69. The Labute approximate surface area is 105 Å². The van der Waals surface area contributed by atoms with Crippen molar-refractivity contribution in [3.63, 3.8) is 0 Å². The largest absolute Gasteiger partial charge is 0.369 e. The molecule has 0 bridgehead atoms. The minimum atomic E-state index is 0.0245. The van der Waals surface area contributed by atoms with Gasteiger partial charge in [-0.1, -0.05) is 6.92 Å². The van der Waals surface area contributed by atoms with E-state index in [9.17, 15) is 0 Å². The number of hydrogen-bond acceptors (Lipinski definition) is 5. The molecule has 3 rings (SSSR count). The molecule has 1 aliphatic heterocycles. The van der Waals surface area contributed by atoms with Crippen molar-refractivity contribution in [2.75, 3.05) is 18.5 Å². The molecule has 0 radical (unpaired) electrons. The number of aromatic nitrogens is 4. The van der Waals surface area contributed by atoms with Gasteiger partial charge in [0.2, 0.25) is 0 Å². The molecule has 3 heterocycles. The van der Waals surface area contributed by atoms with Crippen LogP contribution in [0.3, 0.4) is 0 Å². The van der Waals surface area contributed by atoms with Crippen molar-refractivity contribution in [2.45, 2.75) is 32.4 Å². The maximum Gasteiger partial charge on any atom is 0.165 e. The normalized spacial score (nSPS) is 19.5. The first-order valence-corrected chi connectivity index (χ1v) is 6.44. The van der Waals surface area contributed by atoms with Gasteiger partial charge in [-0.25, -0.2) is 14.6 Å². The van der Waals surface area contributed by atoms with Crippen LogP contribution in [-0.4, -0.2) is 32.9 Å². The molecule has 1 fully saturated rings. The zero-order chi connectivity index (χ0) is 12.4. The number of nitrogens with one attached hydrogen (secondary N) is 1. The van der Waals surface area contributed by atoms with Crippen LogP contribution in [0, 0.1) is 0 Å². The molecular formula is C12H17N5O. The first kappa shape index (κ1) is 11.4. The number of nitrogens with zero attached hydrogens (tertiary/aromatic N) is 4. The third kappa shape index (κ3) is 1.92. The molecule has 18 heavy (non-hydrogen) atoms. The van der Waals surface area contributed by atoms with E-state index < -0.39 is 0 Å². The van der Waals surface area contributed by atoms with Gasteiger partial charge in [0.25, 0.3) is 0 Å². The van der Waals surface area contributed by atoms with Gasteiger partial charge in [0.1, 0.15) is 12.1 Å². The van der Waals surface area contributed by atoms with Crippen LogP contribution in [0.5, 0.6) is 0 Å². The lowest BCUT2D eigenvalue weighted by Crippen LogP contribution is -2.10. The van der Waals surface area contributed by atoms with E-state index in [4.69, 9.17) is 4.74 Å². The smallest absolute Gasteiger partial charge is 0.165 e. The minimum Gasteiger partial charge on any atom is -0.369 e. The second kappa shape index (κ2) is 4.89. The van der Waals surface area contributed by atoms with Crippen LogP contribution in [0.4, 0.5) is 5.82 Å². The summed E-state index contributed by atoms with van der Waals surface area (Å²) < 4.78 is 7.51. The molecule has 0 aliphatic carbocycles. The summed E-state index contributed by atoms with van der Waals surface area (Å²) in [5, 5.41) is 8.65. The summed E-state index contributed by atoms with van der Waals surface area (Å²) in [6.45, 7) is 3.83. The van der Waals surface area contributed by atoms with E-state index in [-0.39, 0.29) is 6.23 Å².